The predicted molar refractivity (Wildman–Crippen MR) is 73.8 cm³/mol. The smallest absolute Gasteiger partial charge is 0.242 e. The van der Waals surface area contributed by atoms with Gasteiger partial charge in [0.25, 0.3) is 0 Å². The summed E-state index contributed by atoms with van der Waals surface area (Å²) in [5.41, 5.74) is 0. The molecule has 1 aromatic rings. The van der Waals surface area contributed by atoms with Crippen LogP contribution in [0.4, 0.5) is 0 Å². The van der Waals surface area contributed by atoms with Crippen LogP contribution in [0.1, 0.15) is 25.0 Å². The molecular formula is C14H21N3O3. The third kappa shape index (κ3) is 4.38. The molecule has 1 fully saturated rings. The lowest BCUT2D eigenvalue weighted by atomic mass is 10.1. The van der Waals surface area contributed by atoms with Crippen LogP contribution >= 0.6 is 0 Å². The fraction of sp³-hybridized carbons (Fsp3) is 0.571. The number of likely N-dealkylation sites (N-methyl/N-ethyl adjacent to an activating group) is 1. The van der Waals surface area contributed by atoms with Crippen molar-refractivity contribution in [3.05, 3.63) is 24.2 Å². The van der Waals surface area contributed by atoms with Gasteiger partial charge in [-0.3, -0.25) is 14.5 Å². The zero-order chi connectivity index (χ0) is 14.4. The normalized spacial score (nSPS) is 19.5. The number of hydrogen-bond donors (Lipinski definition) is 2. The van der Waals surface area contributed by atoms with E-state index < -0.39 is 6.04 Å². The molecule has 1 aliphatic rings. The van der Waals surface area contributed by atoms with E-state index in [0.29, 0.717) is 19.5 Å². The topological polar surface area (TPSA) is 74.6 Å². The average Bonchev–Trinajstić information content (AvgIpc) is 2.81. The first-order valence-electron chi connectivity index (χ1n) is 6.93. The van der Waals surface area contributed by atoms with E-state index in [1.807, 2.05) is 24.1 Å². The number of furan rings is 1. The molecule has 6 nitrogen and oxygen atoms in total. The number of amides is 2. The van der Waals surface area contributed by atoms with Gasteiger partial charge in [0, 0.05) is 6.54 Å². The van der Waals surface area contributed by atoms with E-state index in [2.05, 4.69) is 10.6 Å². The maximum Gasteiger partial charge on any atom is 0.242 e. The van der Waals surface area contributed by atoms with Crippen molar-refractivity contribution >= 4 is 11.8 Å². The largest absolute Gasteiger partial charge is 0.468 e. The lowest BCUT2D eigenvalue weighted by Gasteiger charge is -2.18. The number of carbonyl (C=O) groups is 2. The van der Waals surface area contributed by atoms with Gasteiger partial charge in [0.05, 0.1) is 19.4 Å². The van der Waals surface area contributed by atoms with Crippen molar-refractivity contribution in [2.45, 2.75) is 31.8 Å². The standard InChI is InChI=1S/C14H21N3O3/c1-17(9-11-5-4-8-20-11)10-13(18)16-12-6-2-3-7-15-14(12)19/h4-5,8,12H,2-3,6-7,9-10H2,1H3,(H,15,19)(H,16,18)/t12-/m1/s1. The Morgan fingerprint density at radius 1 is 1.55 bits per heavy atom. The Bertz CT molecular complexity index is 445. The second-order valence-electron chi connectivity index (χ2n) is 5.16. The third-order valence-electron chi connectivity index (χ3n) is 3.29. The third-order valence-corrected chi connectivity index (χ3v) is 3.29. The van der Waals surface area contributed by atoms with Crippen LogP contribution in [0.15, 0.2) is 22.8 Å². The second-order valence-corrected chi connectivity index (χ2v) is 5.16. The molecule has 0 bridgehead atoms. The highest BCUT2D eigenvalue weighted by atomic mass is 16.3. The molecule has 1 aromatic heterocycles. The van der Waals surface area contributed by atoms with Crippen molar-refractivity contribution in [2.24, 2.45) is 0 Å². The van der Waals surface area contributed by atoms with Gasteiger partial charge < -0.3 is 15.1 Å². The van der Waals surface area contributed by atoms with Crippen molar-refractivity contribution in [1.29, 1.82) is 0 Å². The Kier molecular flexibility index (Phi) is 5.17. The van der Waals surface area contributed by atoms with Crippen LogP contribution < -0.4 is 10.6 Å². The molecular weight excluding hydrogens is 258 g/mol. The van der Waals surface area contributed by atoms with Crippen molar-refractivity contribution < 1.29 is 14.0 Å². The number of rotatable bonds is 5. The van der Waals surface area contributed by atoms with Gasteiger partial charge in [0.15, 0.2) is 0 Å². The lowest BCUT2D eigenvalue weighted by Crippen LogP contribution is -2.48. The molecule has 0 unspecified atom stereocenters. The summed E-state index contributed by atoms with van der Waals surface area (Å²) in [5.74, 6) is 0.596. The highest BCUT2D eigenvalue weighted by Crippen LogP contribution is 2.06. The van der Waals surface area contributed by atoms with E-state index in [4.69, 9.17) is 4.42 Å². The van der Waals surface area contributed by atoms with Crippen LogP contribution in [-0.4, -0.2) is 42.9 Å². The van der Waals surface area contributed by atoms with Gasteiger partial charge in [-0.1, -0.05) is 0 Å². The van der Waals surface area contributed by atoms with Crippen LogP contribution in [0.25, 0.3) is 0 Å². The SMILES string of the molecule is CN(CC(=O)N[C@@H]1CCCCNC1=O)Cc1ccco1. The van der Waals surface area contributed by atoms with Gasteiger partial charge in [0.2, 0.25) is 11.8 Å². The Hall–Kier alpha value is -1.82. The molecule has 2 N–H and O–H groups in total. The minimum Gasteiger partial charge on any atom is -0.468 e. The van der Waals surface area contributed by atoms with Crippen LogP contribution in [0, 0.1) is 0 Å². The molecule has 2 rings (SSSR count). The van der Waals surface area contributed by atoms with Crippen molar-refractivity contribution in [3.8, 4) is 0 Å². The zero-order valence-corrected chi connectivity index (χ0v) is 11.7. The first-order valence-corrected chi connectivity index (χ1v) is 6.93. The maximum atomic E-state index is 11.9. The van der Waals surface area contributed by atoms with Crippen molar-refractivity contribution in [1.82, 2.24) is 15.5 Å². The first kappa shape index (κ1) is 14.6. The Morgan fingerprint density at radius 3 is 3.15 bits per heavy atom. The van der Waals surface area contributed by atoms with Crippen LogP contribution in [0.3, 0.4) is 0 Å². The monoisotopic (exact) mass is 279 g/mol. The van der Waals surface area contributed by atoms with Crippen LogP contribution in [-0.2, 0) is 16.1 Å². The average molecular weight is 279 g/mol. The second kappa shape index (κ2) is 7.09. The Labute approximate surface area is 118 Å². The molecule has 0 radical (unpaired) electrons. The fourth-order valence-corrected chi connectivity index (χ4v) is 2.29. The molecule has 6 heteroatoms. The van der Waals surface area contributed by atoms with Crippen LogP contribution in [0.2, 0.25) is 0 Å². The highest BCUT2D eigenvalue weighted by Gasteiger charge is 2.22. The summed E-state index contributed by atoms with van der Waals surface area (Å²) in [7, 11) is 1.84. The van der Waals surface area contributed by atoms with E-state index in [1.165, 1.54) is 0 Å². The van der Waals surface area contributed by atoms with Gasteiger partial charge in [-0.15, -0.1) is 0 Å². The summed E-state index contributed by atoms with van der Waals surface area (Å²) in [5, 5.41) is 5.60. The Morgan fingerprint density at radius 2 is 2.40 bits per heavy atom. The quantitative estimate of drug-likeness (QED) is 0.823. The molecule has 0 aliphatic carbocycles. The van der Waals surface area contributed by atoms with Gasteiger partial charge in [0.1, 0.15) is 11.8 Å². The maximum absolute atomic E-state index is 11.9. The van der Waals surface area contributed by atoms with Crippen molar-refractivity contribution in [3.63, 3.8) is 0 Å². The van der Waals surface area contributed by atoms with E-state index in [1.54, 1.807) is 6.26 Å². The molecule has 0 saturated carbocycles. The predicted octanol–water partition coefficient (Wildman–Crippen LogP) is 0.496. The Balaban J connectivity index is 1.77. The van der Waals surface area contributed by atoms with Crippen LogP contribution in [0.5, 0.6) is 0 Å². The summed E-state index contributed by atoms with van der Waals surface area (Å²) in [4.78, 5) is 25.5. The summed E-state index contributed by atoms with van der Waals surface area (Å²) < 4.78 is 5.23. The summed E-state index contributed by atoms with van der Waals surface area (Å²) in [6.07, 6.45) is 4.24. The van der Waals surface area contributed by atoms with E-state index in [-0.39, 0.29) is 18.4 Å². The molecule has 2 heterocycles. The van der Waals surface area contributed by atoms with Gasteiger partial charge >= 0.3 is 0 Å². The summed E-state index contributed by atoms with van der Waals surface area (Å²) in [6, 6.07) is 3.29. The van der Waals surface area contributed by atoms with Crippen molar-refractivity contribution in [2.75, 3.05) is 20.1 Å². The number of nitrogens with zero attached hydrogens (tertiary/aromatic N) is 1. The molecule has 1 saturated heterocycles. The van der Waals surface area contributed by atoms with E-state index in [0.717, 1.165) is 18.6 Å². The highest BCUT2D eigenvalue weighted by molar-refractivity contribution is 5.88. The van der Waals surface area contributed by atoms with E-state index in [9.17, 15) is 9.59 Å². The molecule has 110 valence electrons. The molecule has 1 atom stereocenters. The minimum atomic E-state index is -0.401. The first-order chi connectivity index (χ1) is 9.65. The minimum absolute atomic E-state index is 0.0791. The lowest BCUT2D eigenvalue weighted by molar-refractivity contribution is -0.129. The summed E-state index contributed by atoms with van der Waals surface area (Å²) >= 11 is 0. The number of nitrogens with one attached hydrogen (secondary N) is 2. The fourth-order valence-electron chi connectivity index (χ4n) is 2.29. The molecule has 0 aromatic carbocycles. The van der Waals surface area contributed by atoms with Gasteiger partial charge in [-0.2, -0.15) is 0 Å². The van der Waals surface area contributed by atoms with Gasteiger partial charge in [-0.25, -0.2) is 0 Å². The molecule has 1 aliphatic heterocycles. The molecule has 20 heavy (non-hydrogen) atoms. The molecule has 2 amide bonds. The zero-order valence-electron chi connectivity index (χ0n) is 11.7. The van der Waals surface area contributed by atoms with Gasteiger partial charge in [-0.05, 0) is 38.4 Å². The molecule has 0 spiro atoms. The van der Waals surface area contributed by atoms with E-state index >= 15 is 0 Å². The number of carbonyl (C=O) groups excluding carboxylic acids is 2. The number of hydrogen-bond acceptors (Lipinski definition) is 4. The summed E-state index contributed by atoms with van der Waals surface area (Å²) in [6.45, 7) is 1.51.